The molecule has 0 aromatic heterocycles. The molecular formula is C11H21NO3. The van der Waals surface area contributed by atoms with Crippen molar-refractivity contribution in [2.45, 2.75) is 38.8 Å². The quantitative estimate of drug-likeness (QED) is 0.569. The van der Waals surface area contributed by atoms with E-state index in [4.69, 9.17) is 4.74 Å². The number of methoxy groups -OCH3 is 1. The highest BCUT2D eigenvalue weighted by Gasteiger charge is 2.28. The molecule has 0 fully saturated rings. The molecule has 0 aromatic rings. The smallest absolute Gasteiger partial charge is 0.209 e. The normalized spacial score (nSPS) is 16.5. The van der Waals surface area contributed by atoms with Gasteiger partial charge in [-0.25, -0.2) is 0 Å². The van der Waals surface area contributed by atoms with Gasteiger partial charge in [-0.3, -0.25) is 4.79 Å². The average Bonchev–Trinajstić information content (AvgIpc) is 2.27. The van der Waals surface area contributed by atoms with Crippen molar-refractivity contribution >= 4 is 12.7 Å². The number of carbonyl (C=O) groups is 2. The molecule has 0 unspecified atom stereocenters. The van der Waals surface area contributed by atoms with E-state index in [0.29, 0.717) is 12.3 Å². The van der Waals surface area contributed by atoms with Crippen molar-refractivity contribution in [3.05, 3.63) is 0 Å². The number of rotatable bonds is 8. The maximum absolute atomic E-state index is 10.8. The van der Waals surface area contributed by atoms with Gasteiger partial charge >= 0.3 is 0 Å². The second-order valence-electron chi connectivity index (χ2n) is 3.82. The molecule has 0 bridgehead atoms. The molecule has 1 amide bonds. The zero-order valence-corrected chi connectivity index (χ0v) is 9.97. The molecule has 15 heavy (non-hydrogen) atoms. The molecule has 0 aliphatic carbocycles. The Bertz CT molecular complexity index is 196. The van der Waals surface area contributed by atoms with E-state index in [1.54, 1.807) is 19.1 Å². The number of likely N-dealkylation sites (N-methyl/N-ethyl adjacent to an activating group) is 1. The van der Waals surface area contributed by atoms with Crippen molar-refractivity contribution in [2.24, 2.45) is 5.92 Å². The third kappa shape index (κ3) is 4.00. The highest BCUT2D eigenvalue weighted by atomic mass is 16.5. The number of aldehydes is 1. The summed E-state index contributed by atoms with van der Waals surface area (Å²) in [5.74, 6) is 0.310. The van der Waals surface area contributed by atoms with Crippen LogP contribution in [0.15, 0.2) is 0 Å². The molecule has 0 heterocycles. The van der Waals surface area contributed by atoms with E-state index in [0.717, 1.165) is 19.1 Å². The van der Waals surface area contributed by atoms with Crippen molar-refractivity contribution < 1.29 is 14.3 Å². The predicted molar refractivity (Wildman–Crippen MR) is 58.5 cm³/mol. The van der Waals surface area contributed by atoms with Crippen LogP contribution in [0.5, 0.6) is 0 Å². The Morgan fingerprint density at radius 3 is 2.33 bits per heavy atom. The lowest BCUT2D eigenvalue weighted by molar-refractivity contribution is -0.125. The standard InChI is InChI=1S/C11H21NO3/c1-5-9(2)11(12(3)8-14)10(15-4)6-7-13/h7-11H,5-6H2,1-4H3/t9-,10+,11-/m0/s1. The van der Waals surface area contributed by atoms with Crippen molar-refractivity contribution in [2.75, 3.05) is 14.2 Å². The van der Waals surface area contributed by atoms with Gasteiger partial charge in [-0.05, 0) is 5.92 Å². The van der Waals surface area contributed by atoms with Crippen molar-refractivity contribution in [3.8, 4) is 0 Å². The Morgan fingerprint density at radius 2 is 2.00 bits per heavy atom. The van der Waals surface area contributed by atoms with Gasteiger partial charge in [0.2, 0.25) is 6.41 Å². The highest BCUT2D eigenvalue weighted by Crippen LogP contribution is 2.19. The molecule has 0 saturated carbocycles. The maximum atomic E-state index is 10.8. The van der Waals surface area contributed by atoms with E-state index in [-0.39, 0.29) is 12.1 Å². The molecule has 0 saturated heterocycles. The monoisotopic (exact) mass is 215 g/mol. The van der Waals surface area contributed by atoms with Gasteiger partial charge in [-0.15, -0.1) is 0 Å². The number of nitrogens with zero attached hydrogens (tertiary/aromatic N) is 1. The van der Waals surface area contributed by atoms with Gasteiger partial charge in [0.05, 0.1) is 12.1 Å². The minimum absolute atomic E-state index is 0.0392. The highest BCUT2D eigenvalue weighted by molar-refractivity contribution is 5.51. The van der Waals surface area contributed by atoms with Gasteiger partial charge in [0, 0.05) is 20.6 Å². The van der Waals surface area contributed by atoms with E-state index in [9.17, 15) is 9.59 Å². The SMILES string of the molecule is CC[C@H](C)[C@@H]([C@@H](CC=O)OC)N(C)C=O. The summed E-state index contributed by atoms with van der Waals surface area (Å²) in [4.78, 5) is 22.9. The lowest BCUT2D eigenvalue weighted by atomic mass is 9.92. The topological polar surface area (TPSA) is 46.6 Å². The molecule has 88 valence electrons. The van der Waals surface area contributed by atoms with Crippen LogP contribution in [0.3, 0.4) is 0 Å². The van der Waals surface area contributed by atoms with Crippen LogP contribution < -0.4 is 0 Å². The first kappa shape index (κ1) is 14.1. The van der Waals surface area contributed by atoms with Crippen LogP contribution >= 0.6 is 0 Å². The number of hydrogen-bond donors (Lipinski definition) is 0. The number of hydrogen-bond acceptors (Lipinski definition) is 3. The van der Waals surface area contributed by atoms with Crippen LogP contribution in [0, 0.1) is 5.92 Å². The molecule has 0 aromatic carbocycles. The molecular weight excluding hydrogens is 194 g/mol. The zero-order chi connectivity index (χ0) is 11.8. The molecule has 4 heteroatoms. The van der Waals surface area contributed by atoms with E-state index in [2.05, 4.69) is 13.8 Å². The second kappa shape index (κ2) is 7.40. The van der Waals surface area contributed by atoms with Gasteiger partial charge in [-0.1, -0.05) is 20.3 Å². The Morgan fingerprint density at radius 1 is 1.40 bits per heavy atom. The zero-order valence-electron chi connectivity index (χ0n) is 9.97. The van der Waals surface area contributed by atoms with E-state index >= 15 is 0 Å². The van der Waals surface area contributed by atoms with Crippen LogP contribution in [0.25, 0.3) is 0 Å². The first-order valence-corrected chi connectivity index (χ1v) is 5.25. The first-order chi connectivity index (χ1) is 7.12. The summed E-state index contributed by atoms with van der Waals surface area (Å²) < 4.78 is 5.27. The maximum Gasteiger partial charge on any atom is 0.209 e. The Labute approximate surface area is 91.6 Å². The van der Waals surface area contributed by atoms with Crippen LogP contribution in [0.4, 0.5) is 0 Å². The number of ether oxygens (including phenoxy) is 1. The molecule has 0 rings (SSSR count). The third-order valence-corrected chi connectivity index (χ3v) is 2.88. The van der Waals surface area contributed by atoms with Gasteiger partial charge in [0.15, 0.2) is 0 Å². The van der Waals surface area contributed by atoms with Crippen molar-refractivity contribution in [1.29, 1.82) is 0 Å². The van der Waals surface area contributed by atoms with Crippen LogP contribution in [-0.4, -0.2) is 43.9 Å². The van der Waals surface area contributed by atoms with Crippen molar-refractivity contribution in [1.82, 2.24) is 4.90 Å². The van der Waals surface area contributed by atoms with E-state index in [1.807, 2.05) is 0 Å². The Balaban J connectivity index is 4.70. The summed E-state index contributed by atoms with van der Waals surface area (Å²) in [6, 6.07) is -0.0392. The van der Waals surface area contributed by atoms with Gasteiger partial charge in [0.1, 0.15) is 6.29 Å². The molecule has 0 aliphatic rings. The van der Waals surface area contributed by atoms with Crippen LogP contribution in [0.2, 0.25) is 0 Å². The molecule has 0 aliphatic heterocycles. The summed E-state index contributed by atoms with van der Waals surface area (Å²) in [5, 5.41) is 0. The minimum atomic E-state index is -0.215. The minimum Gasteiger partial charge on any atom is -0.379 e. The first-order valence-electron chi connectivity index (χ1n) is 5.25. The van der Waals surface area contributed by atoms with Gasteiger partial charge in [-0.2, -0.15) is 0 Å². The lowest BCUT2D eigenvalue weighted by Gasteiger charge is -2.34. The fourth-order valence-electron chi connectivity index (χ4n) is 1.81. The average molecular weight is 215 g/mol. The molecule has 0 spiro atoms. The van der Waals surface area contributed by atoms with Crippen molar-refractivity contribution in [3.63, 3.8) is 0 Å². The van der Waals surface area contributed by atoms with E-state index < -0.39 is 0 Å². The fourth-order valence-corrected chi connectivity index (χ4v) is 1.81. The Kier molecular flexibility index (Phi) is 6.96. The van der Waals surface area contributed by atoms with Crippen LogP contribution in [-0.2, 0) is 14.3 Å². The molecule has 4 nitrogen and oxygen atoms in total. The summed E-state index contributed by atoms with van der Waals surface area (Å²) >= 11 is 0. The predicted octanol–water partition coefficient (Wildman–Crippen LogP) is 1.09. The second-order valence-corrected chi connectivity index (χ2v) is 3.82. The molecule has 3 atom stereocenters. The summed E-state index contributed by atoms with van der Waals surface area (Å²) in [6.07, 6.45) is 2.67. The summed E-state index contributed by atoms with van der Waals surface area (Å²) in [5.41, 5.74) is 0. The largest absolute Gasteiger partial charge is 0.379 e. The molecule has 0 radical (unpaired) electrons. The summed E-state index contributed by atoms with van der Waals surface area (Å²) in [6.45, 7) is 4.12. The number of carbonyl (C=O) groups excluding carboxylic acids is 2. The molecule has 0 N–H and O–H groups in total. The van der Waals surface area contributed by atoms with Crippen LogP contribution in [0.1, 0.15) is 26.7 Å². The van der Waals surface area contributed by atoms with E-state index in [1.165, 1.54) is 0 Å². The summed E-state index contributed by atoms with van der Waals surface area (Å²) in [7, 11) is 3.29. The Hall–Kier alpha value is -0.900. The van der Waals surface area contributed by atoms with Gasteiger partial charge < -0.3 is 14.4 Å². The third-order valence-electron chi connectivity index (χ3n) is 2.88. The fraction of sp³-hybridized carbons (Fsp3) is 0.818. The number of amides is 1. The lowest BCUT2D eigenvalue weighted by Crippen LogP contribution is -2.46. The van der Waals surface area contributed by atoms with Gasteiger partial charge in [0.25, 0.3) is 0 Å².